The van der Waals surface area contributed by atoms with Gasteiger partial charge in [-0.05, 0) is 48.6 Å². The molecule has 0 fully saturated rings. The first-order chi connectivity index (χ1) is 9.19. The van der Waals surface area contributed by atoms with E-state index in [4.69, 9.17) is 29.1 Å². The van der Waals surface area contributed by atoms with Crippen LogP contribution in [-0.2, 0) is 0 Å². The second-order valence-corrected chi connectivity index (χ2v) is 4.91. The maximum Gasteiger partial charge on any atom is 0.182 e. The number of imidazole rings is 1. The van der Waals surface area contributed by atoms with Gasteiger partial charge in [-0.1, -0.05) is 17.7 Å². The first-order valence-electron chi connectivity index (χ1n) is 5.60. The first kappa shape index (κ1) is 12.0. The van der Waals surface area contributed by atoms with E-state index in [1.165, 1.54) is 0 Å². The normalized spacial score (nSPS) is 10.5. The van der Waals surface area contributed by atoms with Gasteiger partial charge in [0.25, 0.3) is 0 Å². The smallest absolute Gasteiger partial charge is 0.182 e. The molecular weight excluding hydrogens is 278 g/mol. The van der Waals surface area contributed by atoms with E-state index in [0.29, 0.717) is 15.4 Å². The molecule has 0 saturated carbocycles. The van der Waals surface area contributed by atoms with Crippen LogP contribution in [0.25, 0.3) is 16.7 Å². The van der Waals surface area contributed by atoms with Crippen LogP contribution in [0.5, 0.6) is 0 Å². The Morgan fingerprint density at radius 1 is 1.21 bits per heavy atom. The minimum atomic E-state index is 0.576. The lowest BCUT2D eigenvalue weighted by Gasteiger charge is -2.05. The number of hydrogen-bond donors (Lipinski definition) is 1. The van der Waals surface area contributed by atoms with Gasteiger partial charge in [-0.15, -0.1) is 0 Å². The second-order valence-electron chi connectivity index (χ2n) is 4.09. The van der Waals surface area contributed by atoms with E-state index >= 15 is 0 Å². The quantitative estimate of drug-likeness (QED) is 0.681. The zero-order valence-corrected chi connectivity index (χ0v) is 11.3. The van der Waals surface area contributed by atoms with E-state index in [9.17, 15) is 0 Å². The molecule has 3 aromatic rings. The molecule has 0 unspecified atom stereocenters. The second kappa shape index (κ2) is 4.54. The summed E-state index contributed by atoms with van der Waals surface area (Å²) in [5, 5.41) is 9.62. The van der Waals surface area contributed by atoms with Crippen LogP contribution in [0, 0.1) is 16.1 Å². The first-order valence-corrected chi connectivity index (χ1v) is 6.38. The summed E-state index contributed by atoms with van der Waals surface area (Å²) in [6, 6.07) is 15.0. The fourth-order valence-electron chi connectivity index (χ4n) is 2.05. The molecule has 92 valence electrons. The van der Waals surface area contributed by atoms with Crippen LogP contribution in [0.4, 0.5) is 0 Å². The molecule has 0 spiro atoms. The van der Waals surface area contributed by atoms with E-state index in [1.54, 1.807) is 12.1 Å². The van der Waals surface area contributed by atoms with Gasteiger partial charge in [0.2, 0.25) is 0 Å². The molecule has 3 rings (SSSR count). The van der Waals surface area contributed by atoms with Crippen molar-refractivity contribution in [3.8, 4) is 11.8 Å². The average Bonchev–Trinajstić information content (AvgIpc) is 2.74. The van der Waals surface area contributed by atoms with Crippen LogP contribution >= 0.6 is 23.8 Å². The van der Waals surface area contributed by atoms with Crippen LogP contribution in [0.2, 0.25) is 5.02 Å². The van der Waals surface area contributed by atoms with E-state index in [1.807, 2.05) is 34.9 Å². The Kier molecular flexibility index (Phi) is 2.86. The molecule has 0 aliphatic rings. The zero-order chi connectivity index (χ0) is 13.4. The van der Waals surface area contributed by atoms with Crippen molar-refractivity contribution in [3.05, 3.63) is 57.8 Å². The number of nitrogens with zero attached hydrogens (tertiary/aromatic N) is 2. The molecule has 0 aliphatic carbocycles. The summed E-state index contributed by atoms with van der Waals surface area (Å²) in [5.74, 6) is 0. The van der Waals surface area contributed by atoms with E-state index in [-0.39, 0.29) is 0 Å². The summed E-state index contributed by atoms with van der Waals surface area (Å²) < 4.78 is 2.45. The Hall–Kier alpha value is -2.09. The molecule has 0 amide bonds. The Balaban J connectivity index is 2.36. The molecule has 0 aliphatic heterocycles. The molecule has 0 radical (unpaired) electrons. The van der Waals surface area contributed by atoms with Crippen molar-refractivity contribution in [1.82, 2.24) is 9.55 Å². The number of aromatic amines is 1. The van der Waals surface area contributed by atoms with Gasteiger partial charge in [0.15, 0.2) is 4.77 Å². The summed E-state index contributed by atoms with van der Waals surface area (Å²) in [4.78, 5) is 3.13. The van der Waals surface area contributed by atoms with Crippen molar-refractivity contribution in [3.63, 3.8) is 0 Å². The summed E-state index contributed by atoms with van der Waals surface area (Å²) in [7, 11) is 0. The summed E-state index contributed by atoms with van der Waals surface area (Å²) in [5.41, 5.74) is 3.25. The topological polar surface area (TPSA) is 44.5 Å². The molecule has 3 nitrogen and oxygen atoms in total. The number of benzene rings is 2. The van der Waals surface area contributed by atoms with Crippen LogP contribution in [0.1, 0.15) is 5.56 Å². The third-order valence-electron chi connectivity index (χ3n) is 2.88. The zero-order valence-electron chi connectivity index (χ0n) is 9.72. The van der Waals surface area contributed by atoms with E-state index < -0.39 is 0 Å². The van der Waals surface area contributed by atoms with Gasteiger partial charge in [0.1, 0.15) is 0 Å². The predicted molar refractivity (Wildman–Crippen MR) is 78.2 cm³/mol. The van der Waals surface area contributed by atoms with Gasteiger partial charge in [0.05, 0.1) is 22.7 Å². The fraction of sp³-hybridized carbons (Fsp3) is 0. The monoisotopic (exact) mass is 285 g/mol. The van der Waals surface area contributed by atoms with E-state index in [2.05, 4.69) is 11.1 Å². The van der Waals surface area contributed by atoms with Crippen molar-refractivity contribution < 1.29 is 0 Å². The standard InChI is InChI=1S/C14H8ClN3S/c15-10-4-5-12-13(7-10)18(14(19)17-12)11-3-1-2-9(6-11)8-16/h1-7H,(H,17,19). The third kappa shape index (κ3) is 2.03. The molecule has 0 bridgehead atoms. The van der Waals surface area contributed by atoms with Crippen molar-refractivity contribution in [1.29, 1.82) is 5.26 Å². The van der Waals surface area contributed by atoms with Crippen molar-refractivity contribution in [2.75, 3.05) is 0 Å². The highest BCUT2D eigenvalue weighted by atomic mass is 35.5. The highest BCUT2D eigenvalue weighted by Gasteiger charge is 2.07. The maximum absolute atomic E-state index is 8.97. The molecule has 19 heavy (non-hydrogen) atoms. The highest BCUT2D eigenvalue weighted by Crippen LogP contribution is 2.23. The van der Waals surface area contributed by atoms with Crippen LogP contribution in [-0.4, -0.2) is 9.55 Å². The molecular formula is C14H8ClN3S. The number of aromatic nitrogens is 2. The fourth-order valence-corrected chi connectivity index (χ4v) is 2.53. The molecule has 0 atom stereocenters. The Morgan fingerprint density at radius 2 is 2.05 bits per heavy atom. The summed E-state index contributed by atoms with van der Waals surface area (Å²) in [6.45, 7) is 0. The lowest BCUT2D eigenvalue weighted by Crippen LogP contribution is -1.94. The molecule has 1 aromatic heterocycles. The molecule has 1 N–H and O–H groups in total. The molecule has 1 heterocycles. The van der Waals surface area contributed by atoms with Crippen LogP contribution in [0.3, 0.4) is 0 Å². The minimum absolute atomic E-state index is 0.576. The number of nitrogens with one attached hydrogen (secondary N) is 1. The van der Waals surface area contributed by atoms with Crippen molar-refractivity contribution in [2.24, 2.45) is 0 Å². The number of H-pyrrole nitrogens is 1. The Labute approximate surface area is 119 Å². The molecule has 0 saturated heterocycles. The highest BCUT2D eigenvalue weighted by molar-refractivity contribution is 7.71. The maximum atomic E-state index is 8.97. The summed E-state index contributed by atoms with van der Waals surface area (Å²) >= 11 is 11.4. The van der Waals surface area contributed by atoms with Gasteiger partial charge in [-0.25, -0.2) is 0 Å². The van der Waals surface area contributed by atoms with Gasteiger partial charge in [-0.2, -0.15) is 5.26 Å². The summed E-state index contributed by atoms with van der Waals surface area (Å²) in [6.07, 6.45) is 0. The van der Waals surface area contributed by atoms with Gasteiger partial charge >= 0.3 is 0 Å². The Morgan fingerprint density at radius 3 is 2.84 bits per heavy atom. The molecule has 5 heteroatoms. The molecule has 2 aromatic carbocycles. The average molecular weight is 286 g/mol. The van der Waals surface area contributed by atoms with Crippen molar-refractivity contribution >= 4 is 34.9 Å². The van der Waals surface area contributed by atoms with Crippen molar-refractivity contribution in [2.45, 2.75) is 0 Å². The number of rotatable bonds is 1. The number of fused-ring (bicyclic) bond motifs is 1. The van der Waals surface area contributed by atoms with Gasteiger partial charge in [0, 0.05) is 10.7 Å². The largest absolute Gasteiger partial charge is 0.330 e. The number of nitriles is 1. The lowest BCUT2D eigenvalue weighted by atomic mass is 10.2. The third-order valence-corrected chi connectivity index (χ3v) is 3.40. The van der Waals surface area contributed by atoms with Gasteiger partial charge in [-0.3, -0.25) is 4.57 Å². The number of hydrogen-bond acceptors (Lipinski definition) is 2. The number of halogens is 1. The Bertz CT molecular complexity index is 870. The SMILES string of the molecule is N#Cc1cccc(-n2c(=S)[nH]c3ccc(Cl)cc32)c1. The van der Waals surface area contributed by atoms with E-state index in [0.717, 1.165) is 16.7 Å². The lowest BCUT2D eigenvalue weighted by molar-refractivity contribution is 1.06. The predicted octanol–water partition coefficient (Wildman–Crippen LogP) is 4.21. The van der Waals surface area contributed by atoms with Gasteiger partial charge < -0.3 is 4.98 Å². The minimum Gasteiger partial charge on any atom is -0.330 e. The van der Waals surface area contributed by atoms with Crippen LogP contribution < -0.4 is 0 Å². The van der Waals surface area contributed by atoms with Crippen LogP contribution in [0.15, 0.2) is 42.5 Å².